The highest BCUT2D eigenvalue weighted by Crippen LogP contribution is 2.44. The lowest BCUT2D eigenvalue weighted by molar-refractivity contribution is 0.219. The third-order valence-electron chi connectivity index (χ3n) is 4.73. The maximum absolute atomic E-state index is 6.05. The summed E-state index contributed by atoms with van der Waals surface area (Å²) in [4.78, 5) is 0. The largest absolute Gasteiger partial charge is 0.330 e. The summed E-state index contributed by atoms with van der Waals surface area (Å²) in [5.74, 6) is 2.02. The molecule has 1 heterocycles. The van der Waals surface area contributed by atoms with Crippen LogP contribution in [0.2, 0.25) is 0 Å². The maximum Gasteiger partial charge on any atom is 0.0635 e. The van der Waals surface area contributed by atoms with E-state index in [1.165, 1.54) is 37.8 Å². The lowest BCUT2D eigenvalue weighted by atomic mass is 9.71. The second-order valence-electron chi connectivity index (χ2n) is 6.49. The van der Waals surface area contributed by atoms with E-state index in [2.05, 4.69) is 46.5 Å². The average molecular weight is 342 g/mol. The third kappa shape index (κ3) is 3.28. The minimum absolute atomic E-state index is 0.404. The molecule has 1 aromatic rings. The van der Waals surface area contributed by atoms with Crippen LogP contribution in [0, 0.1) is 11.8 Å². The number of hydrogen-bond donors (Lipinski definition) is 1. The highest BCUT2D eigenvalue weighted by molar-refractivity contribution is 9.10. The molecule has 3 atom stereocenters. The molecule has 0 aliphatic heterocycles. The molecule has 0 aromatic carbocycles. The van der Waals surface area contributed by atoms with Crippen molar-refractivity contribution < 1.29 is 0 Å². The lowest BCUT2D eigenvalue weighted by Gasteiger charge is -2.36. The Labute approximate surface area is 131 Å². The van der Waals surface area contributed by atoms with Crippen LogP contribution in [0.4, 0.5) is 0 Å². The van der Waals surface area contributed by atoms with E-state index in [0.29, 0.717) is 17.9 Å². The zero-order valence-corrected chi connectivity index (χ0v) is 14.6. The molecular formula is C16H28BrN3. The van der Waals surface area contributed by atoms with Crippen molar-refractivity contribution in [1.29, 1.82) is 0 Å². The summed E-state index contributed by atoms with van der Waals surface area (Å²) in [6, 6.07) is 0.404. The predicted octanol–water partition coefficient (Wildman–Crippen LogP) is 4.49. The van der Waals surface area contributed by atoms with Gasteiger partial charge < -0.3 is 5.73 Å². The van der Waals surface area contributed by atoms with Gasteiger partial charge in [0.05, 0.1) is 16.4 Å². The van der Waals surface area contributed by atoms with E-state index in [0.717, 1.165) is 16.9 Å². The number of rotatable bonds is 5. The monoisotopic (exact) mass is 341 g/mol. The van der Waals surface area contributed by atoms with Gasteiger partial charge in [-0.25, -0.2) is 0 Å². The average Bonchev–Trinajstić information content (AvgIpc) is 2.81. The molecule has 1 fully saturated rings. The van der Waals surface area contributed by atoms with Crippen molar-refractivity contribution in [3.63, 3.8) is 0 Å². The van der Waals surface area contributed by atoms with E-state index in [4.69, 9.17) is 5.73 Å². The van der Waals surface area contributed by atoms with Gasteiger partial charge in [0.1, 0.15) is 0 Å². The molecule has 3 unspecified atom stereocenters. The second-order valence-corrected chi connectivity index (χ2v) is 7.34. The van der Waals surface area contributed by atoms with Gasteiger partial charge in [-0.1, -0.05) is 26.2 Å². The number of halogens is 1. The van der Waals surface area contributed by atoms with Crippen molar-refractivity contribution in [2.24, 2.45) is 17.6 Å². The van der Waals surface area contributed by atoms with E-state index in [1.54, 1.807) is 0 Å². The molecule has 0 bridgehead atoms. The fraction of sp³-hybridized carbons (Fsp3) is 0.812. The molecule has 0 radical (unpaired) electrons. The minimum atomic E-state index is 0.404. The van der Waals surface area contributed by atoms with Crippen molar-refractivity contribution in [3.05, 3.63) is 16.4 Å². The SMILES string of the molecule is CCCC1CCC(CN)C(c2c(Br)cnn2C(C)C)C1. The van der Waals surface area contributed by atoms with Crippen molar-refractivity contribution in [3.8, 4) is 0 Å². The Balaban J connectivity index is 2.29. The Morgan fingerprint density at radius 1 is 1.45 bits per heavy atom. The fourth-order valence-electron chi connectivity index (χ4n) is 3.72. The van der Waals surface area contributed by atoms with Crippen molar-refractivity contribution in [2.75, 3.05) is 6.54 Å². The van der Waals surface area contributed by atoms with Crippen LogP contribution in [0.5, 0.6) is 0 Å². The first-order chi connectivity index (χ1) is 9.58. The van der Waals surface area contributed by atoms with Crippen LogP contribution < -0.4 is 5.73 Å². The Kier molecular flexibility index (Phi) is 5.67. The molecule has 0 amide bonds. The lowest BCUT2D eigenvalue weighted by Crippen LogP contribution is -2.31. The van der Waals surface area contributed by atoms with Crippen LogP contribution >= 0.6 is 15.9 Å². The van der Waals surface area contributed by atoms with E-state index >= 15 is 0 Å². The van der Waals surface area contributed by atoms with Crippen LogP contribution in [0.3, 0.4) is 0 Å². The summed E-state index contributed by atoms with van der Waals surface area (Å²) in [6.45, 7) is 7.48. The van der Waals surface area contributed by atoms with Crippen LogP contribution in [-0.2, 0) is 0 Å². The highest BCUT2D eigenvalue weighted by atomic mass is 79.9. The molecule has 4 heteroatoms. The molecule has 1 aliphatic carbocycles. The number of nitrogens with zero attached hydrogens (tertiary/aromatic N) is 2. The van der Waals surface area contributed by atoms with Gasteiger partial charge >= 0.3 is 0 Å². The third-order valence-corrected chi connectivity index (χ3v) is 5.34. The normalized spacial score (nSPS) is 27.2. The summed E-state index contributed by atoms with van der Waals surface area (Å²) in [5.41, 5.74) is 7.42. The van der Waals surface area contributed by atoms with E-state index < -0.39 is 0 Å². The Morgan fingerprint density at radius 2 is 2.20 bits per heavy atom. The number of hydrogen-bond acceptors (Lipinski definition) is 2. The van der Waals surface area contributed by atoms with E-state index in [1.807, 2.05) is 6.20 Å². The van der Waals surface area contributed by atoms with Crippen molar-refractivity contribution >= 4 is 15.9 Å². The standard InChI is InChI=1S/C16H28BrN3/c1-4-5-12-6-7-13(9-18)14(8-12)16-15(17)10-19-20(16)11(2)3/h10-14H,4-9,18H2,1-3H3. The van der Waals surface area contributed by atoms with Crippen LogP contribution in [0.15, 0.2) is 10.7 Å². The fourth-order valence-corrected chi connectivity index (χ4v) is 4.28. The molecule has 0 spiro atoms. The summed E-state index contributed by atoms with van der Waals surface area (Å²) >= 11 is 3.71. The Hall–Kier alpha value is -0.350. The van der Waals surface area contributed by atoms with Crippen molar-refractivity contribution in [1.82, 2.24) is 9.78 Å². The first-order valence-corrected chi connectivity index (χ1v) is 8.80. The molecule has 114 valence electrons. The van der Waals surface area contributed by atoms with Crippen LogP contribution in [0.1, 0.15) is 70.5 Å². The molecule has 3 nitrogen and oxygen atoms in total. The van der Waals surface area contributed by atoms with Gasteiger partial charge in [-0.05, 0) is 61.0 Å². The summed E-state index contributed by atoms with van der Waals surface area (Å²) in [7, 11) is 0. The molecule has 20 heavy (non-hydrogen) atoms. The summed E-state index contributed by atoms with van der Waals surface area (Å²) in [6.07, 6.45) is 8.47. The first-order valence-electron chi connectivity index (χ1n) is 8.01. The molecule has 0 saturated heterocycles. The van der Waals surface area contributed by atoms with Crippen LogP contribution in [-0.4, -0.2) is 16.3 Å². The van der Waals surface area contributed by atoms with Gasteiger partial charge in [-0.15, -0.1) is 0 Å². The number of aromatic nitrogens is 2. The van der Waals surface area contributed by atoms with Gasteiger partial charge in [0, 0.05) is 12.0 Å². The Bertz CT molecular complexity index is 427. The highest BCUT2D eigenvalue weighted by Gasteiger charge is 2.34. The second kappa shape index (κ2) is 7.08. The van der Waals surface area contributed by atoms with E-state index in [9.17, 15) is 0 Å². The molecule has 1 aliphatic rings. The summed E-state index contributed by atoms with van der Waals surface area (Å²) in [5, 5.41) is 4.56. The molecule has 1 saturated carbocycles. The molecule has 2 rings (SSSR count). The van der Waals surface area contributed by atoms with Gasteiger partial charge in [0.25, 0.3) is 0 Å². The zero-order chi connectivity index (χ0) is 14.7. The minimum Gasteiger partial charge on any atom is -0.330 e. The topological polar surface area (TPSA) is 43.8 Å². The first kappa shape index (κ1) is 16.0. The van der Waals surface area contributed by atoms with Crippen LogP contribution in [0.25, 0.3) is 0 Å². The summed E-state index contributed by atoms with van der Waals surface area (Å²) < 4.78 is 3.35. The van der Waals surface area contributed by atoms with Crippen molar-refractivity contribution in [2.45, 2.75) is 64.8 Å². The van der Waals surface area contributed by atoms with Gasteiger partial charge in [0.15, 0.2) is 0 Å². The van der Waals surface area contributed by atoms with Gasteiger partial charge in [-0.2, -0.15) is 5.10 Å². The predicted molar refractivity (Wildman–Crippen MR) is 87.8 cm³/mol. The molecular weight excluding hydrogens is 314 g/mol. The maximum atomic E-state index is 6.05. The number of nitrogens with two attached hydrogens (primary N) is 1. The zero-order valence-electron chi connectivity index (χ0n) is 13.0. The molecule has 1 aromatic heterocycles. The van der Waals surface area contributed by atoms with Gasteiger partial charge in [-0.3, -0.25) is 4.68 Å². The molecule has 2 N–H and O–H groups in total. The smallest absolute Gasteiger partial charge is 0.0635 e. The van der Waals surface area contributed by atoms with Gasteiger partial charge in [0.2, 0.25) is 0 Å². The van der Waals surface area contributed by atoms with E-state index in [-0.39, 0.29) is 0 Å². The Morgan fingerprint density at radius 3 is 2.80 bits per heavy atom. The quantitative estimate of drug-likeness (QED) is 0.857.